The van der Waals surface area contributed by atoms with Gasteiger partial charge in [-0.3, -0.25) is 4.72 Å². The molecule has 0 fully saturated rings. The number of rotatable bonds is 8. The number of hydrogen-bond acceptors (Lipinski definition) is 3. The van der Waals surface area contributed by atoms with Crippen molar-refractivity contribution in [2.24, 2.45) is 5.41 Å². The molecule has 0 bridgehead atoms. The number of nitrogens with zero attached hydrogens (tertiary/aromatic N) is 2. The lowest BCUT2D eigenvalue weighted by Crippen LogP contribution is -2.28. The molecule has 0 saturated heterocycles. The van der Waals surface area contributed by atoms with Gasteiger partial charge in [-0.1, -0.05) is 27.7 Å². The van der Waals surface area contributed by atoms with E-state index in [1.54, 1.807) is 18.2 Å². The van der Waals surface area contributed by atoms with Crippen LogP contribution in [0.3, 0.4) is 0 Å². The van der Waals surface area contributed by atoms with E-state index in [0.717, 1.165) is 28.7 Å². The lowest BCUT2D eigenvalue weighted by molar-refractivity contribution is 0.221. The Morgan fingerprint density at radius 1 is 1.10 bits per heavy atom. The number of benzene rings is 2. The first-order valence-corrected chi connectivity index (χ1v) is 12.2. The summed E-state index contributed by atoms with van der Waals surface area (Å²) in [4.78, 5) is 2.26. The van der Waals surface area contributed by atoms with Crippen molar-refractivity contribution < 1.29 is 12.8 Å². The van der Waals surface area contributed by atoms with Crippen molar-refractivity contribution in [1.82, 2.24) is 9.47 Å². The maximum Gasteiger partial charge on any atom is 0.232 e. The van der Waals surface area contributed by atoms with Gasteiger partial charge in [0.2, 0.25) is 10.0 Å². The van der Waals surface area contributed by atoms with Crippen LogP contribution in [0.1, 0.15) is 39.7 Å². The third kappa shape index (κ3) is 6.08. The Labute approximate surface area is 184 Å². The highest BCUT2D eigenvalue weighted by molar-refractivity contribution is 7.92. The minimum Gasteiger partial charge on any atom is -0.316 e. The molecule has 3 rings (SSSR count). The molecule has 31 heavy (non-hydrogen) atoms. The number of anilines is 1. The van der Waals surface area contributed by atoms with Crippen LogP contribution in [0.4, 0.5) is 10.1 Å². The third-order valence-electron chi connectivity index (χ3n) is 4.92. The minimum absolute atomic E-state index is 0.0861. The fourth-order valence-corrected chi connectivity index (χ4v) is 5.08. The van der Waals surface area contributed by atoms with Crippen LogP contribution in [0, 0.1) is 11.2 Å². The summed E-state index contributed by atoms with van der Waals surface area (Å²) in [5.74, 6) is -0.194. The second kappa shape index (κ2) is 9.01. The van der Waals surface area contributed by atoms with Gasteiger partial charge in [0.05, 0.1) is 11.3 Å². The van der Waals surface area contributed by atoms with Crippen molar-refractivity contribution in [3.8, 4) is 5.69 Å². The number of sulfonamides is 1. The zero-order chi connectivity index (χ0) is 22.8. The highest BCUT2D eigenvalue weighted by atomic mass is 32.2. The predicted molar refractivity (Wildman–Crippen MR) is 127 cm³/mol. The number of aromatic nitrogens is 1. The Bertz CT molecular complexity index is 1150. The molecule has 7 heteroatoms. The molecular formula is C24H32FN3O2S. The van der Waals surface area contributed by atoms with Crippen LogP contribution in [0.2, 0.25) is 0 Å². The van der Waals surface area contributed by atoms with Gasteiger partial charge in [0.25, 0.3) is 0 Å². The molecule has 0 atom stereocenters. The van der Waals surface area contributed by atoms with Crippen molar-refractivity contribution in [3.63, 3.8) is 0 Å². The van der Waals surface area contributed by atoms with Gasteiger partial charge in [0, 0.05) is 36.0 Å². The number of fused-ring (bicyclic) bond motifs is 1. The molecule has 0 aliphatic carbocycles. The Balaban J connectivity index is 2.06. The van der Waals surface area contributed by atoms with E-state index >= 15 is 0 Å². The zero-order valence-electron chi connectivity index (χ0n) is 18.9. The van der Waals surface area contributed by atoms with Crippen LogP contribution < -0.4 is 4.72 Å². The van der Waals surface area contributed by atoms with Crippen molar-refractivity contribution in [2.45, 2.75) is 40.7 Å². The van der Waals surface area contributed by atoms with Crippen molar-refractivity contribution >= 4 is 26.6 Å². The molecule has 3 aromatic rings. The molecule has 1 heterocycles. The van der Waals surface area contributed by atoms with E-state index in [9.17, 15) is 12.8 Å². The first-order valence-electron chi connectivity index (χ1n) is 10.6. The van der Waals surface area contributed by atoms with Gasteiger partial charge in [-0.15, -0.1) is 0 Å². The SMILES string of the molecule is CCCS(=O)(=O)Nc1ccc2c(c1)c(CN(C)CC(C)(C)C)cn2-c1ccc(F)cc1. The Morgan fingerprint density at radius 3 is 2.39 bits per heavy atom. The van der Waals surface area contributed by atoms with Gasteiger partial charge in [-0.2, -0.15) is 0 Å². The molecule has 1 N–H and O–H groups in total. The third-order valence-corrected chi connectivity index (χ3v) is 6.41. The molecule has 0 aliphatic rings. The highest BCUT2D eigenvalue weighted by Gasteiger charge is 2.18. The summed E-state index contributed by atoms with van der Waals surface area (Å²) < 4.78 is 42.7. The summed E-state index contributed by atoms with van der Waals surface area (Å²) in [5.41, 5.74) is 3.60. The van der Waals surface area contributed by atoms with Gasteiger partial charge in [0.15, 0.2) is 0 Å². The first kappa shape index (κ1) is 23.3. The lowest BCUT2D eigenvalue weighted by atomic mass is 9.96. The normalized spacial score (nSPS) is 12.6. The van der Waals surface area contributed by atoms with Gasteiger partial charge in [-0.05, 0) is 66.9 Å². The van der Waals surface area contributed by atoms with E-state index in [2.05, 4.69) is 43.6 Å². The molecule has 0 unspecified atom stereocenters. The van der Waals surface area contributed by atoms with Crippen LogP contribution >= 0.6 is 0 Å². The average Bonchev–Trinajstić information content (AvgIpc) is 2.98. The summed E-state index contributed by atoms with van der Waals surface area (Å²) in [6.07, 6.45) is 2.61. The predicted octanol–water partition coefficient (Wildman–Crippen LogP) is 5.40. The Kier molecular flexibility index (Phi) is 6.76. The lowest BCUT2D eigenvalue weighted by Gasteiger charge is -2.26. The largest absolute Gasteiger partial charge is 0.316 e. The second-order valence-corrected chi connectivity index (χ2v) is 11.2. The average molecular weight is 446 g/mol. The van der Waals surface area contributed by atoms with Gasteiger partial charge >= 0.3 is 0 Å². The van der Waals surface area contributed by atoms with Crippen molar-refractivity contribution in [2.75, 3.05) is 24.1 Å². The molecule has 1 aromatic heterocycles. The van der Waals surface area contributed by atoms with Gasteiger partial charge < -0.3 is 9.47 Å². The molecule has 0 amide bonds. The van der Waals surface area contributed by atoms with E-state index in [0.29, 0.717) is 18.7 Å². The molecule has 5 nitrogen and oxygen atoms in total. The highest BCUT2D eigenvalue weighted by Crippen LogP contribution is 2.30. The summed E-state index contributed by atoms with van der Waals surface area (Å²) in [5, 5.41) is 0.974. The minimum atomic E-state index is -3.37. The zero-order valence-corrected chi connectivity index (χ0v) is 19.8. The topological polar surface area (TPSA) is 54.3 Å². The number of nitrogens with one attached hydrogen (secondary N) is 1. The standard InChI is InChI=1S/C24H32FN3O2S/c1-6-13-31(29,30)26-20-9-12-23-22(14-20)18(15-27(5)17-24(2,3)4)16-28(23)21-10-7-19(25)8-11-21/h7-12,14,16,26H,6,13,15,17H2,1-5H3. The van der Waals surface area contributed by atoms with Gasteiger partial charge in [0.1, 0.15) is 5.82 Å². The summed E-state index contributed by atoms with van der Waals surface area (Å²) in [6.45, 7) is 10.1. The molecular weight excluding hydrogens is 413 g/mol. The van der Waals surface area contributed by atoms with E-state index < -0.39 is 10.0 Å². The van der Waals surface area contributed by atoms with Crippen LogP contribution in [-0.4, -0.2) is 37.2 Å². The summed E-state index contributed by atoms with van der Waals surface area (Å²) in [6, 6.07) is 12.0. The van der Waals surface area contributed by atoms with Crippen molar-refractivity contribution in [1.29, 1.82) is 0 Å². The number of hydrogen-bond donors (Lipinski definition) is 1. The Hall–Kier alpha value is -2.38. The molecule has 0 aliphatic heterocycles. The molecule has 0 saturated carbocycles. The van der Waals surface area contributed by atoms with Crippen LogP contribution in [0.5, 0.6) is 0 Å². The van der Waals surface area contributed by atoms with E-state index in [4.69, 9.17) is 0 Å². The fourth-order valence-electron chi connectivity index (χ4n) is 3.96. The summed E-state index contributed by atoms with van der Waals surface area (Å²) >= 11 is 0. The monoisotopic (exact) mass is 445 g/mol. The fraction of sp³-hybridized carbons (Fsp3) is 0.417. The quantitative estimate of drug-likeness (QED) is 0.505. The maximum absolute atomic E-state index is 13.4. The maximum atomic E-state index is 13.4. The first-order chi connectivity index (χ1) is 14.5. The van der Waals surface area contributed by atoms with E-state index in [1.165, 1.54) is 12.1 Å². The smallest absolute Gasteiger partial charge is 0.232 e. The van der Waals surface area contributed by atoms with Crippen molar-refractivity contribution in [3.05, 3.63) is 60.0 Å². The Morgan fingerprint density at radius 2 is 1.77 bits per heavy atom. The van der Waals surface area contributed by atoms with Crippen LogP contribution in [0.15, 0.2) is 48.7 Å². The molecule has 0 radical (unpaired) electrons. The van der Waals surface area contributed by atoms with E-state index in [-0.39, 0.29) is 17.0 Å². The molecule has 2 aromatic carbocycles. The van der Waals surface area contributed by atoms with Crippen LogP contribution in [-0.2, 0) is 16.6 Å². The summed E-state index contributed by atoms with van der Waals surface area (Å²) in [7, 11) is -1.29. The van der Waals surface area contributed by atoms with Gasteiger partial charge in [-0.25, -0.2) is 12.8 Å². The molecule has 168 valence electrons. The number of halogens is 1. The second-order valence-electron chi connectivity index (χ2n) is 9.39. The van der Waals surface area contributed by atoms with E-state index in [1.807, 2.05) is 23.6 Å². The molecule has 0 spiro atoms. The van der Waals surface area contributed by atoms with Crippen LogP contribution in [0.25, 0.3) is 16.6 Å².